The highest BCUT2D eigenvalue weighted by atomic mass is 32.1. The molecular weight excluding hydrogens is 322 g/mol. The van der Waals surface area contributed by atoms with Crippen molar-refractivity contribution in [1.29, 1.82) is 0 Å². The van der Waals surface area contributed by atoms with Crippen molar-refractivity contribution in [2.24, 2.45) is 0 Å². The minimum Gasteiger partial charge on any atom is -0.440 e. The third-order valence-corrected chi connectivity index (χ3v) is 5.32. The summed E-state index contributed by atoms with van der Waals surface area (Å²) in [6.07, 6.45) is 3.70. The second-order valence-corrected chi connectivity index (χ2v) is 7.62. The molecule has 1 atom stereocenters. The number of hydrogen-bond acceptors (Lipinski definition) is 5. The third kappa shape index (κ3) is 3.87. The summed E-state index contributed by atoms with van der Waals surface area (Å²) >= 11 is 1.60. The molecule has 0 saturated carbocycles. The number of rotatable bonds is 5. The predicted octanol–water partition coefficient (Wildman–Crippen LogP) is 3.20. The van der Waals surface area contributed by atoms with Crippen LogP contribution in [0.1, 0.15) is 30.7 Å². The molecule has 2 aromatic heterocycles. The molecule has 0 radical (unpaired) electrons. The molecule has 1 saturated heterocycles. The zero-order chi connectivity index (χ0) is 17.1. The number of piperidine rings is 1. The Bertz CT molecular complexity index is 679. The minimum absolute atomic E-state index is 0.163. The molecule has 0 aliphatic carbocycles. The van der Waals surface area contributed by atoms with E-state index in [1.54, 1.807) is 11.3 Å². The van der Waals surface area contributed by atoms with Crippen LogP contribution in [0.15, 0.2) is 21.9 Å². The van der Waals surface area contributed by atoms with Crippen LogP contribution < -0.4 is 0 Å². The molecular formula is C18H25N3O2S. The Kier molecular flexibility index (Phi) is 5.36. The van der Waals surface area contributed by atoms with Crippen LogP contribution in [-0.4, -0.2) is 53.9 Å². The number of amides is 1. The summed E-state index contributed by atoms with van der Waals surface area (Å²) in [6, 6.07) is 4.27. The zero-order valence-electron chi connectivity index (χ0n) is 14.6. The first-order chi connectivity index (χ1) is 11.5. The summed E-state index contributed by atoms with van der Waals surface area (Å²) in [4.78, 5) is 22.6. The maximum absolute atomic E-state index is 12.8. The van der Waals surface area contributed by atoms with Crippen molar-refractivity contribution in [3.05, 3.63) is 29.0 Å². The normalized spacial score (nSPS) is 18.3. The Morgan fingerprint density at radius 2 is 2.29 bits per heavy atom. The van der Waals surface area contributed by atoms with Gasteiger partial charge in [0.05, 0.1) is 17.0 Å². The average molecular weight is 347 g/mol. The fraction of sp³-hybridized carbons (Fsp3) is 0.556. The zero-order valence-corrected chi connectivity index (χ0v) is 15.4. The summed E-state index contributed by atoms with van der Waals surface area (Å²) in [5.41, 5.74) is 0.762. The van der Waals surface area contributed by atoms with E-state index in [4.69, 9.17) is 4.42 Å². The van der Waals surface area contributed by atoms with Crippen LogP contribution in [0.3, 0.4) is 0 Å². The molecule has 1 fully saturated rings. The maximum Gasteiger partial charge on any atom is 0.236 e. The quantitative estimate of drug-likeness (QED) is 0.833. The lowest BCUT2D eigenvalue weighted by Crippen LogP contribution is -2.48. The number of likely N-dealkylation sites (tertiary alicyclic amines) is 1. The standard InChI is InChI=1S/C18H25N3O2S/c1-13-15(19-18(23-13)16-8-6-10-24-16)11-17(22)21-9-5-4-7-14(21)12-20(2)3/h6,8,10,14H,4-5,7,9,11-12H2,1-3H3/t14-/m0/s1. The lowest BCUT2D eigenvalue weighted by Gasteiger charge is -2.37. The number of thiophene rings is 1. The van der Waals surface area contributed by atoms with E-state index in [1.165, 1.54) is 6.42 Å². The topological polar surface area (TPSA) is 49.6 Å². The van der Waals surface area contributed by atoms with Gasteiger partial charge in [0.2, 0.25) is 11.8 Å². The van der Waals surface area contributed by atoms with Crippen molar-refractivity contribution in [3.8, 4) is 10.8 Å². The Balaban J connectivity index is 1.71. The van der Waals surface area contributed by atoms with E-state index in [2.05, 4.69) is 24.0 Å². The Morgan fingerprint density at radius 3 is 3.00 bits per heavy atom. The average Bonchev–Trinajstić information content (AvgIpc) is 3.17. The number of nitrogens with zero attached hydrogens (tertiary/aromatic N) is 3. The molecule has 6 heteroatoms. The molecule has 5 nitrogen and oxygen atoms in total. The van der Waals surface area contributed by atoms with Crippen LogP contribution in [0, 0.1) is 6.92 Å². The van der Waals surface area contributed by atoms with E-state index in [0.29, 0.717) is 18.4 Å². The Labute approximate surface area is 147 Å². The summed E-state index contributed by atoms with van der Waals surface area (Å²) in [6.45, 7) is 3.66. The molecule has 0 aromatic carbocycles. The van der Waals surface area contributed by atoms with Crippen molar-refractivity contribution in [3.63, 3.8) is 0 Å². The molecule has 1 aliphatic rings. The fourth-order valence-corrected chi connectivity index (χ4v) is 3.93. The van der Waals surface area contributed by atoms with Gasteiger partial charge in [-0.25, -0.2) is 4.98 Å². The summed E-state index contributed by atoms with van der Waals surface area (Å²) < 4.78 is 5.76. The van der Waals surface area contributed by atoms with Gasteiger partial charge in [-0.15, -0.1) is 11.3 Å². The maximum atomic E-state index is 12.8. The van der Waals surface area contributed by atoms with Crippen molar-refractivity contribution >= 4 is 17.2 Å². The second-order valence-electron chi connectivity index (χ2n) is 6.67. The first kappa shape index (κ1) is 17.2. The number of aryl methyl sites for hydroxylation is 1. The largest absolute Gasteiger partial charge is 0.440 e. The number of oxazole rings is 1. The highest BCUT2D eigenvalue weighted by Gasteiger charge is 2.28. The molecule has 0 spiro atoms. The van der Waals surface area contributed by atoms with Gasteiger partial charge in [-0.3, -0.25) is 4.79 Å². The van der Waals surface area contributed by atoms with Crippen LogP contribution in [-0.2, 0) is 11.2 Å². The fourth-order valence-electron chi connectivity index (χ4n) is 3.28. The molecule has 3 heterocycles. The first-order valence-corrected chi connectivity index (χ1v) is 9.37. The van der Waals surface area contributed by atoms with Gasteiger partial charge >= 0.3 is 0 Å². The number of likely N-dealkylation sites (N-methyl/N-ethyl adjacent to an activating group) is 1. The molecule has 0 N–H and O–H groups in total. The van der Waals surface area contributed by atoms with Crippen LogP contribution >= 0.6 is 11.3 Å². The first-order valence-electron chi connectivity index (χ1n) is 8.49. The Morgan fingerprint density at radius 1 is 1.46 bits per heavy atom. The highest BCUT2D eigenvalue weighted by Crippen LogP contribution is 2.27. The molecule has 0 unspecified atom stereocenters. The van der Waals surface area contributed by atoms with Gasteiger partial charge in [0, 0.05) is 19.1 Å². The van der Waals surface area contributed by atoms with E-state index in [1.807, 2.05) is 29.3 Å². The predicted molar refractivity (Wildman–Crippen MR) is 96.2 cm³/mol. The summed E-state index contributed by atoms with van der Waals surface area (Å²) in [5, 5.41) is 2.00. The van der Waals surface area contributed by atoms with Crippen molar-refractivity contribution < 1.29 is 9.21 Å². The van der Waals surface area contributed by atoms with Crippen LogP contribution in [0.2, 0.25) is 0 Å². The van der Waals surface area contributed by atoms with E-state index < -0.39 is 0 Å². The SMILES string of the molecule is Cc1oc(-c2cccs2)nc1CC(=O)N1CCCC[C@H]1CN(C)C. The van der Waals surface area contributed by atoms with Gasteiger partial charge in [0.1, 0.15) is 5.76 Å². The molecule has 130 valence electrons. The third-order valence-electron chi connectivity index (χ3n) is 4.47. The van der Waals surface area contributed by atoms with Gasteiger partial charge in [-0.05, 0) is 51.7 Å². The van der Waals surface area contributed by atoms with E-state index in [-0.39, 0.29) is 5.91 Å². The van der Waals surface area contributed by atoms with Crippen LogP contribution in [0.25, 0.3) is 10.8 Å². The lowest BCUT2D eigenvalue weighted by molar-refractivity contribution is -0.134. The summed E-state index contributed by atoms with van der Waals surface area (Å²) in [7, 11) is 4.12. The van der Waals surface area contributed by atoms with E-state index in [9.17, 15) is 4.79 Å². The molecule has 0 bridgehead atoms. The van der Waals surface area contributed by atoms with Gasteiger partial charge < -0.3 is 14.2 Å². The monoisotopic (exact) mass is 347 g/mol. The minimum atomic E-state index is 0.163. The van der Waals surface area contributed by atoms with Gasteiger partial charge in [0.15, 0.2) is 0 Å². The number of carbonyl (C=O) groups is 1. The summed E-state index contributed by atoms with van der Waals surface area (Å²) in [5.74, 6) is 1.53. The van der Waals surface area contributed by atoms with Crippen LogP contribution in [0.5, 0.6) is 0 Å². The van der Waals surface area contributed by atoms with Gasteiger partial charge in [-0.1, -0.05) is 6.07 Å². The van der Waals surface area contributed by atoms with Crippen molar-refractivity contribution in [1.82, 2.24) is 14.8 Å². The second kappa shape index (κ2) is 7.49. The van der Waals surface area contributed by atoms with E-state index in [0.717, 1.165) is 42.3 Å². The van der Waals surface area contributed by atoms with Gasteiger partial charge in [0.25, 0.3) is 0 Å². The lowest BCUT2D eigenvalue weighted by atomic mass is 10.0. The Hall–Kier alpha value is -1.66. The molecule has 1 aliphatic heterocycles. The van der Waals surface area contributed by atoms with E-state index >= 15 is 0 Å². The molecule has 3 rings (SSSR count). The smallest absolute Gasteiger partial charge is 0.236 e. The van der Waals surface area contributed by atoms with Crippen LogP contribution in [0.4, 0.5) is 0 Å². The molecule has 24 heavy (non-hydrogen) atoms. The van der Waals surface area contributed by atoms with Crippen molar-refractivity contribution in [2.45, 2.75) is 38.6 Å². The number of hydrogen-bond donors (Lipinski definition) is 0. The number of carbonyl (C=O) groups excluding carboxylic acids is 1. The van der Waals surface area contributed by atoms with Crippen molar-refractivity contribution in [2.75, 3.05) is 27.2 Å². The molecule has 1 amide bonds. The highest BCUT2D eigenvalue weighted by molar-refractivity contribution is 7.13. The number of aromatic nitrogens is 1. The molecule has 2 aromatic rings. The van der Waals surface area contributed by atoms with Gasteiger partial charge in [-0.2, -0.15) is 0 Å².